The normalized spacial score (nSPS) is 16.0. The van der Waals surface area contributed by atoms with Crippen molar-refractivity contribution in [2.75, 3.05) is 13.7 Å². The van der Waals surface area contributed by atoms with E-state index in [0.29, 0.717) is 35.5 Å². The van der Waals surface area contributed by atoms with Crippen molar-refractivity contribution in [1.82, 2.24) is 4.57 Å². The summed E-state index contributed by atoms with van der Waals surface area (Å²) in [5, 5.41) is 12.0. The van der Waals surface area contributed by atoms with E-state index in [4.69, 9.17) is 9.47 Å². The molecular weight excluding hydrogens is 563 g/mol. The lowest BCUT2D eigenvalue weighted by molar-refractivity contribution is -0.139. The number of esters is 1. The van der Waals surface area contributed by atoms with E-state index in [0.717, 1.165) is 4.88 Å². The van der Waals surface area contributed by atoms with Gasteiger partial charge >= 0.3 is 5.97 Å². The van der Waals surface area contributed by atoms with E-state index in [1.54, 1.807) is 36.6 Å². The van der Waals surface area contributed by atoms with Crippen molar-refractivity contribution in [1.29, 1.82) is 0 Å². The minimum atomic E-state index is -0.595. The van der Waals surface area contributed by atoms with Gasteiger partial charge < -0.3 is 14.6 Å². The molecule has 1 aromatic carbocycles. The van der Waals surface area contributed by atoms with Crippen molar-refractivity contribution < 1.29 is 19.4 Å². The van der Waals surface area contributed by atoms with Crippen molar-refractivity contribution in [2.45, 2.75) is 19.9 Å². The molecule has 0 fully saturated rings. The number of hydrogen-bond donors (Lipinski definition) is 1. The molecule has 1 atom stereocenters. The fourth-order valence-electron chi connectivity index (χ4n) is 3.49. The van der Waals surface area contributed by atoms with E-state index in [-0.39, 0.29) is 17.9 Å². The number of rotatable bonds is 5. The van der Waals surface area contributed by atoms with Gasteiger partial charge in [-0.2, -0.15) is 0 Å². The van der Waals surface area contributed by atoms with Crippen LogP contribution in [0.4, 0.5) is 0 Å². The number of aromatic hydroxyl groups is 1. The highest BCUT2D eigenvalue weighted by molar-refractivity contribution is 14.1. The minimum absolute atomic E-state index is 0.0547. The zero-order chi connectivity index (χ0) is 23.0. The van der Waals surface area contributed by atoms with E-state index in [1.807, 2.05) is 40.1 Å². The molecule has 1 unspecified atom stereocenters. The summed E-state index contributed by atoms with van der Waals surface area (Å²) in [5.41, 5.74) is 1.37. The number of allylic oxidation sites excluding steroid dienone is 1. The molecule has 0 bridgehead atoms. The quantitative estimate of drug-likeness (QED) is 0.369. The van der Waals surface area contributed by atoms with Gasteiger partial charge in [0.25, 0.3) is 5.56 Å². The smallest absolute Gasteiger partial charge is 0.338 e. The van der Waals surface area contributed by atoms with Gasteiger partial charge in [-0.25, -0.2) is 9.79 Å². The van der Waals surface area contributed by atoms with Gasteiger partial charge in [-0.15, -0.1) is 11.3 Å². The lowest BCUT2D eigenvalue weighted by Crippen LogP contribution is -2.39. The predicted molar refractivity (Wildman–Crippen MR) is 132 cm³/mol. The summed E-state index contributed by atoms with van der Waals surface area (Å²) < 4.78 is 13.1. The average molecular weight is 582 g/mol. The number of phenolic OH excluding ortho intramolecular Hbond substituents is 1. The number of hydrogen-bond acceptors (Lipinski definition) is 8. The number of thiazole rings is 1. The summed E-state index contributed by atoms with van der Waals surface area (Å²) in [6.45, 7) is 3.74. The molecule has 10 heteroatoms. The fraction of sp³-hybridized carbons (Fsp3) is 0.227. The maximum Gasteiger partial charge on any atom is 0.338 e. The molecule has 0 saturated heterocycles. The zero-order valence-corrected chi connectivity index (χ0v) is 21.2. The summed E-state index contributed by atoms with van der Waals surface area (Å²) in [6.07, 6.45) is 1.74. The molecule has 3 heterocycles. The van der Waals surface area contributed by atoms with Crippen LogP contribution < -0.4 is 19.6 Å². The number of benzene rings is 1. The molecule has 166 valence electrons. The third-order valence-electron chi connectivity index (χ3n) is 4.90. The van der Waals surface area contributed by atoms with Crippen LogP contribution in [0, 0.1) is 3.57 Å². The van der Waals surface area contributed by atoms with Gasteiger partial charge in [-0.1, -0.05) is 17.4 Å². The number of aromatic nitrogens is 1. The highest BCUT2D eigenvalue weighted by Gasteiger charge is 2.33. The Balaban J connectivity index is 1.93. The molecule has 32 heavy (non-hydrogen) atoms. The molecule has 1 N–H and O–H groups in total. The lowest BCUT2D eigenvalue weighted by atomic mass is 10.0. The molecule has 7 nitrogen and oxygen atoms in total. The second kappa shape index (κ2) is 9.20. The van der Waals surface area contributed by atoms with E-state index >= 15 is 0 Å². The van der Waals surface area contributed by atoms with Gasteiger partial charge in [0.05, 0.1) is 33.1 Å². The third kappa shape index (κ3) is 4.02. The maximum atomic E-state index is 13.5. The predicted octanol–water partition coefficient (Wildman–Crippen LogP) is 3.18. The Bertz CT molecular complexity index is 1400. The van der Waals surface area contributed by atoms with Crippen molar-refractivity contribution in [2.24, 2.45) is 4.99 Å². The molecule has 0 spiro atoms. The number of thiophene rings is 1. The van der Waals surface area contributed by atoms with Crippen LogP contribution in [0.5, 0.6) is 11.5 Å². The Hall–Kier alpha value is -2.44. The molecule has 1 aliphatic heterocycles. The van der Waals surface area contributed by atoms with Crippen LogP contribution in [0.15, 0.2) is 50.7 Å². The number of halogens is 1. The number of ether oxygens (including phenoxy) is 2. The van der Waals surface area contributed by atoms with E-state index in [2.05, 4.69) is 4.99 Å². The molecule has 0 radical (unpaired) electrons. The van der Waals surface area contributed by atoms with Crippen molar-refractivity contribution in [3.63, 3.8) is 0 Å². The molecular formula is C22H19IN2O5S2. The number of carbonyl (C=O) groups excluding carboxylic acids is 1. The van der Waals surface area contributed by atoms with Gasteiger partial charge in [0.1, 0.15) is 6.04 Å². The highest BCUT2D eigenvalue weighted by Crippen LogP contribution is 2.34. The average Bonchev–Trinajstić information content (AvgIpc) is 3.38. The van der Waals surface area contributed by atoms with Gasteiger partial charge in [-0.3, -0.25) is 9.36 Å². The Morgan fingerprint density at radius 3 is 2.84 bits per heavy atom. The van der Waals surface area contributed by atoms with Crippen molar-refractivity contribution in [3.05, 3.63) is 74.6 Å². The summed E-state index contributed by atoms with van der Waals surface area (Å²) in [7, 11) is 1.48. The maximum absolute atomic E-state index is 13.5. The van der Waals surface area contributed by atoms with Crippen molar-refractivity contribution in [3.8, 4) is 11.5 Å². The van der Waals surface area contributed by atoms with E-state index < -0.39 is 12.0 Å². The van der Waals surface area contributed by atoms with Crippen molar-refractivity contribution >= 4 is 57.3 Å². The first-order valence-corrected chi connectivity index (χ1v) is 12.4. The molecule has 0 aliphatic carbocycles. The van der Waals surface area contributed by atoms with Gasteiger partial charge in [0.2, 0.25) is 0 Å². The molecule has 1 aliphatic rings. The lowest BCUT2D eigenvalue weighted by Gasteiger charge is -2.23. The minimum Gasteiger partial charge on any atom is -0.504 e. The van der Waals surface area contributed by atoms with Crippen LogP contribution in [0.2, 0.25) is 0 Å². The van der Waals surface area contributed by atoms with Crippen LogP contribution in [0.25, 0.3) is 6.08 Å². The van der Waals surface area contributed by atoms with Gasteiger partial charge in [-0.05, 0) is 71.7 Å². The second-order valence-electron chi connectivity index (χ2n) is 6.87. The summed E-state index contributed by atoms with van der Waals surface area (Å²) in [4.78, 5) is 32.2. The highest BCUT2D eigenvalue weighted by atomic mass is 127. The van der Waals surface area contributed by atoms with Crippen LogP contribution >= 0.6 is 45.3 Å². The van der Waals surface area contributed by atoms with Gasteiger partial charge in [0, 0.05) is 4.88 Å². The van der Waals surface area contributed by atoms with Gasteiger partial charge in [0.15, 0.2) is 16.3 Å². The van der Waals surface area contributed by atoms with E-state index in [9.17, 15) is 14.7 Å². The first kappa shape index (κ1) is 22.7. The first-order valence-electron chi connectivity index (χ1n) is 9.65. The molecule has 3 aromatic rings. The standard InChI is InChI=1S/C22H19IN2O5S2/c1-4-30-21(28)17-11(2)24-22-25(18(17)15-6-5-7-31-15)20(27)16(32-22)10-12-8-13(23)19(26)14(9-12)29-3/h5-10,18,26H,4H2,1-3H3. The molecule has 4 rings (SSSR count). The third-order valence-corrected chi connectivity index (χ3v) is 7.63. The zero-order valence-electron chi connectivity index (χ0n) is 17.4. The topological polar surface area (TPSA) is 90.1 Å². The second-order valence-corrected chi connectivity index (χ2v) is 10.0. The number of methoxy groups -OCH3 is 1. The summed E-state index contributed by atoms with van der Waals surface area (Å²) >= 11 is 4.74. The Morgan fingerprint density at radius 2 is 2.19 bits per heavy atom. The number of fused-ring (bicyclic) bond motifs is 1. The molecule has 0 saturated carbocycles. The van der Waals surface area contributed by atoms with E-state index in [1.165, 1.54) is 29.8 Å². The van der Waals surface area contributed by atoms with Crippen LogP contribution in [0.1, 0.15) is 30.3 Å². The monoisotopic (exact) mass is 582 g/mol. The fourth-order valence-corrected chi connectivity index (χ4v) is 5.99. The number of phenols is 1. The number of nitrogens with zero attached hydrogens (tertiary/aromatic N) is 2. The summed E-state index contributed by atoms with van der Waals surface area (Å²) in [6, 6.07) is 6.63. The Labute approximate surface area is 205 Å². The largest absolute Gasteiger partial charge is 0.504 e. The first-order chi connectivity index (χ1) is 15.3. The number of carbonyl (C=O) groups is 1. The van der Waals surface area contributed by atoms with Crippen LogP contribution in [-0.4, -0.2) is 29.4 Å². The Morgan fingerprint density at radius 1 is 1.41 bits per heavy atom. The van der Waals surface area contributed by atoms with Crippen LogP contribution in [0.3, 0.4) is 0 Å². The SMILES string of the molecule is CCOC(=O)C1=C(C)N=c2sc(=Cc3cc(I)c(O)c(OC)c3)c(=O)n2C1c1cccs1. The Kier molecular flexibility index (Phi) is 6.54. The molecule has 0 amide bonds. The summed E-state index contributed by atoms with van der Waals surface area (Å²) in [5.74, 6) is -0.0915. The molecule has 2 aromatic heterocycles. The van der Waals surface area contributed by atoms with Crippen LogP contribution in [-0.2, 0) is 9.53 Å².